The van der Waals surface area contributed by atoms with Crippen molar-refractivity contribution in [2.45, 2.75) is 25.8 Å². The number of carbonyl (C=O) groups is 2. The fourth-order valence-electron chi connectivity index (χ4n) is 3.68. The van der Waals surface area contributed by atoms with Gasteiger partial charge in [0.05, 0.1) is 29.4 Å². The molecule has 1 aliphatic heterocycles. The highest BCUT2D eigenvalue weighted by molar-refractivity contribution is 5.97. The first-order chi connectivity index (χ1) is 12.5. The maximum atomic E-state index is 12.9. The number of aromatic nitrogens is 2. The third-order valence-corrected chi connectivity index (χ3v) is 5.06. The maximum Gasteiger partial charge on any atom is 0.311 e. The number of carboxylic acids is 1. The van der Waals surface area contributed by atoms with Crippen LogP contribution in [-0.2, 0) is 11.3 Å². The Hall–Kier alpha value is -2.67. The second kappa shape index (κ2) is 7.29. The highest BCUT2D eigenvalue weighted by Gasteiger charge is 2.42. The first-order valence-electron chi connectivity index (χ1n) is 8.70. The summed E-state index contributed by atoms with van der Waals surface area (Å²) in [5.74, 6) is -1.06. The lowest BCUT2D eigenvalue weighted by Crippen LogP contribution is -2.49. The number of piperidine rings is 1. The molecule has 1 saturated heterocycles. The number of allylic oxidation sites excluding steroid dienone is 1. The third kappa shape index (κ3) is 3.22. The Bertz CT molecular complexity index is 844. The van der Waals surface area contributed by atoms with Crippen molar-refractivity contribution < 1.29 is 19.8 Å². The van der Waals surface area contributed by atoms with Crippen LogP contribution in [0.5, 0.6) is 0 Å². The Labute approximate surface area is 151 Å². The molecule has 1 aliphatic rings. The number of carboxylic acid groups (broad SMARTS) is 1. The van der Waals surface area contributed by atoms with Gasteiger partial charge in [-0.2, -0.15) is 0 Å². The number of aliphatic carboxylic acids is 1. The molecule has 7 nitrogen and oxygen atoms in total. The summed E-state index contributed by atoms with van der Waals surface area (Å²) in [6, 6.07) is 5.25. The largest absolute Gasteiger partial charge is 0.481 e. The van der Waals surface area contributed by atoms with Crippen molar-refractivity contribution in [3.8, 4) is 0 Å². The number of rotatable bonds is 6. The van der Waals surface area contributed by atoms with Crippen LogP contribution in [0.25, 0.3) is 11.0 Å². The molecule has 1 atom stereocenters. The minimum atomic E-state index is -0.956. The number of amides is 1. The van der Waals surface area contributed by atoms with Gasteiger partial charge in [0.2, 0.25) is 0 Å². The van der Waals surface area contributed by atoms with Crippen LogP contribution in [0.2, 0.25) is 0 Å². The van der Waals surface area contributed by atoms with E-state index >= 15 is 0 Å². The molecule has 3 rings (SSSR count). The highest BCUT2D eigenvalue weighted by Crippen LogP contribution is 2.35. The van der Waals surface area contributed by atoms with E-state index < -0.39 is 11.4 Å². The van der Waals surface area contributed by atoms with Gasteiger partial charge in [0.15, 0.2) is 0 Å². The van der Waals surface area contributed by atoms with Gasteiger partial charge in [0, 0.05) is 25.2 Å². The van der Waals surface area contributed by atoms with Gasteiger partial charge in [0.25, 0.3) is 5.91 Å². The molecular formula is C19H23N3O4. The number of nitrogens with zero attached hydrogens (tertiary/aromatic N) is 3. The summed E-state index contributed by atoms with van der Waals surface area (Å²) in [4.78, 5) is 30.6. The van der Waals surface area contributed by atoms with E-state index in [0.29, 0.717) is 43.4 Å². The van der Waals surface area contributed by atoms with E-state index in [1.807, 2.05) is 10.6 Å². The Kier molecular flexibility index (Phi) is 5.08. The van der Waals surface area contributed by atoms with Crippen LogP contribution in [0.1, 0.15) is 29.6 Å². The predicted octanol–water partition coefficient (Wildman–Crippen LogP) is 1.91. The number of aliphatic hydroxyl groups excluding tert-OH is 1. The van der Waals surface area contributed by atoms with E-state index in [-0.39, 0.29) is 19.1 Å². The molecule has 0 bridgehead atoms. The van der Waals surface area contributed by atoms with Gasteiger partial charge in [-0.1, -0.05) is 6.08 Å². The summed E-state index contributed by atoms with van der Waals surface area (Å²) in [7, 11) is 0. The van der Waals surface area contributed by atoms with Gasteiger partial charge < -0.3 is 19.7 Å². The average Bonchev–Trinajstić information content (AvgIpc) is 3.04. The summed E-state index contributed by atoms with van der Waals surface area (Å²) in [6.45, 7) is 4.85. The third-order valence-electron chi connectivity index (χ3n) is 5.06. The molecule has 7 heteroatoms. The Morgan fingerprint density at radius 1 is 1.38 bits per heavy atom. The zero-order valence-corrected chi connectivity index (χ0v) is 14.6. The number of likely N-dealkylation sites (tertiary alicyclic amines) is 1. The van der Waals surface area contributed by atoms with Crippen LogP contribution >= 0.6 is 0 Å². The molecule has 0 aliphatic carbocycles. The van der Waals surface area contributed by atoms with Gasteiger partial charge in [-0.3, -0.25) is 9.59 Å². The van der Waals surface area contributed by atoms with E-state index in [9.17, 15) is 14.7 Å². The van der Waals surface area contributed by atoms with Gasteiger partial charge in [-0.25, -0.2) is 4.98 Å². The van der Waals surface area contributed by atoms with Crippen LogP contribution < -0.4 is 0 Å². The van der Waals surface area contributed by atoms with Gasteiger partial charge in [-0.05, 0) is 37.5 Å². The molecule has 26 heavy (non-hydrogen) atoms. The smallest absolute Gasteiger partial charge is 0.311 e. The van der Waals surface area contributed by atoms with Crippen molar-refractivity contribution in [3.63, 3.8) is 0 Å². The molecule has 138 valence electrons. The average molecular weight is 357 g/mol. The van der Waals surface area contributed by atoms with Crippen molar-refractivity contribution >= 4 is 22.9 Å². The number of benzene rings is 1. The number of hydrogen-bond donors (Lipinski definition) is 2. The predicted molar refractivity (Wildman–Crippen MR) is 96.8 cm³/mol. The van der Waals surface area contributed by atoms with Crippen LogP contribution in [-0.4, -0.2) is 56.2 Å². The van der Waals surface area contributed by atoms with Crippen LogP contribution in [0.4, 0.5) is 0 Å². The van der Waals surface area contributed by atoms with Gasteiger partial charge in [-0.15, -0.1) is 6.58 Å². The lowest BCUT2D eigenvalue weighted by atomic mass is 9.77. The summed E-state index contributed by atoms with van der Waals surface area (Å²) < 4.78 is 1.82. The molecule has 0 spiro atoms. The zero-order valence-electron chi connectivity index (χ0n) is 14.6. The molecule has 1 unspecified atom stereocenters. The van der Waals surface area contributed by atoms with Crippen LogP contribution in [0, 0.1) is 5.41 Å². The van der Waals surface area contributed by atoms with Crippen LogP contribution in [0.15, 0.2) is 37.2 Å². The van der Waals surface area contributed by atoms with Crippen molar-refractivity contribution in [2.24, 2.45) is 5.41 Å². The molecule has 2 N–H and O–H groups in total. The van der Waals surface area contributed by atoms with E-state index in [0.717, 1.165) is 5.52 Å². The molecule has 0 saturated carbocycles. The minimum Gasteiger partial charge on any atom is -0.481 e. The number of fused-ring (bicyclic) bond motifs is 1. The molecule has 1 aromatic carbocycles. The normalized spacial score (nSPS) is 20.3. The highest BCUT2D eigenvalue weighted by atomic mass is 16.4. The van der Waals surface area contributed by atoms with Crippen molar-refractivity contribution in [1.29, 1.82) is 0 Å². The summed E-state index contributed by atoms with van der Waals surface area (Å²) in [5, 5.41) is 18.7. The summed E-state index contributed by atoms with van der Waals surface area (Å²) in [6.07, 6.45) is 4.79. The van der Waals surface area contributed by atoms with E-state index in [4.69, 9.17) is 5.11 Å². The van der Waals surface area contributed by atoms with Crippen molar-refractivity contribution in [1.82, 2.24) is 14.5 Å². The minimum absolute atomic E-state index is 0.0144. The summed E-state index contributed by atoms with van der Waals surface area (Å²) >= 11 is 0. The molecule has 1 fully saturated rings. The number of carbonyl (C=O) groups excluding carboxylic acids is 1. The number of imidazole rings is 1. The maximum absolute atomic E-state index is 12.9. The SMILES string of the molecule is C=CCC1(C(=O)O)CCCN(C(=O)c2ccc3c(c2)ncn3CCO)C1. The fourth-order valence-corrected chi connectivity index (χ4v) is 3.68. The van der Waals surface area contributed by atoms with Crippen LogP contribution in [0.3, 0.4) is 0 Å². The Morgan fingerprint density at radius 2 is 2.19 bits per heavy atom. The molecule has 0 radical (unpaired) electrons. The molecule has 1 aromatic heterocycles. The van der Waals surface area contributed by atoms with E-state index in [1.165, 1.54) is 0 Å². The van der Waals surface area contributed by atoms with Crippen molar-refractivity contribution in [2.75, 3.05) is 19.7 Å². The standard InChI is InChI=1S/C19H23N3O4/c1-2-6-19(18(25)26)7-3-8-21(12-19)17(24)14-4-5-16-15(11-14)20-13-22(16)9-10-23/h2,4-5,11,13,23H,1,3,6-10,12H2,(H,25,26). The monoisotopic (exact) mass is 357 g/mol. The lowest BCUT2D eigenvalue weighted by Gasteiger charge is -2.39. The fraction of sp³-hybridized carbons (Fsp3) is 0.421. The second-order valence-corrected chi connectivity index (χ2v) is 6.77. The first kappa shape index (κ1) is 18.1. The van der Waals surface area contributed by atoms with Gasteiger partial charge >= 0.3 is 5.97 Å². The number of aliphatic hydroxyl groups is 1. The quantitative estimate of drug-likeness (QED) is 0.770. The van der Waals surface area contributed by atoms with Gasteiger partial charge in [0.1, 0.15) is 0 Å². The van der Waals surface area contributed by atoms with Crippen molar-refractivity contribution in [3.05, 3.63) is 42.7 Å². The zero-order chi connectivity index (χ0) is 18.7. The molecule has 1 amide bonds. The molecular weight excluding hydrogens is 334 g/mol. The summed E-state index contributed by atoms with van der Waals surface area (Å²) in [5.41, 5.74) is 1.06. The molecule has 2 heterocycles. The van der Waals surface area contributed by atoms with E-state index in [2.05, 4.69) is 11.6 Å². The second-order valence-electron chi connectivity index (χ2n) is 6.77. The Morgan fingerprint density at radius 3 is 2.88 bits per heavy atom. The topological polar surface area (TPSA) is 95.7 Å². The Balaban J connectivity index is 1.85. The molecule has 2 aromatic rings. The number of hydrogen-bond acceptors (Lipinski definition) is 4. The first-order valence-corrected chi connectivity index (χ1v) is 8.70. The lowest BCUT2D eigenvalue weighted by molar-refractivity contribution is -0.151. The van der Waals surface area contributed by atoms with E-state index in [1.54, 1.807) is 29.4 Å².